The van der Waals surface area contributed by atoms with E-state index in [1.165, 1.54) is 11.1 Å². The first-order chi connectivity index (χ1) is 11.8. The van der Waals surface area contributed by atoms with Gasteiger partial charge in [-0.2, -0.15) is 0 Å². The number of amides is 1. The zero-order valence-electron chi connectivity index (χ0n) is 15.5. The average molecular weight is 334 g/mol. The third kappa shape index (κ3) is 4.36. The number of hydrogen-bond donors (Lipinski definition) is 1. The molecule has 0 spiro atoms. The second-order valence-electron chi connectivity index (χ2n) is 8.10. The summed E-state index contributed by atoms with van der Waals surface area (Å²) in [5.41, 5.74) is 5.49. The van der Waals surface area contributed by atoms with E-state index >= 15 is 0 Å². The minimum absolute atomic E-state index is 0.0497. The van der Waals surface area contributed by atoms with Crippen molar-refractivity contribution in [2.75, 3.05) is 5.32 Å². The number of rotatable bonds is 4. The third-order valence-corrected chi connectivity index (χ3v) is 4.52. The molecule has 1 aliphatic rings. The summed E-state index contributed by atoms with van der Waals surface area (Å²) in [6, 6.07) is 14.3. The van der Waals surface area contributed by atoms with Crippen LogP contribution in [-0.4, -0.2) is 12.1 Å². The minimum Gasteiger partial charge on any atom is -0.326 e. The van der Waals surface area contributed by atoms with Crippen LogP contribution in [0, 0.1) is 12.3 Å². The highest BCUT2D eigenvalue weighted by atomic mass is 16.1. The van der Waals surface area contributed by atoms with Crippen molar-refractivity contribution in [2.45, 2.75) is 46.6 Å². The van der Waals surface area contributed by atoms with Gasteiger partial charge in [-0.05, 0) is 47.6 Å². The van der Waals surface area contributed by atoms with Gasteiger partial charge in [0.15, 0.2) is 0 Å². The topological polar surface area (TPSA) is 41.5 Å². The Hall–Kier alpha value is -2.42. The van der Waals surface area contributed by atoms with Crippen LogP contribution in [0.25, 0.3) is 0 Å². The van der Waals surface area contributed by atoms with E-state index in [9.17, 15) is 4.79 Å². The molecule has 0 bridgehead atoms. The van der Waals surface area contributed by atoms with E-state index in [4.69, 9.17) is 0 Å². The third-order valence-electron chi connectivity index (χ3n) is 4.52. The van der Waals surface area contributed by atoms with Gasteiger partial charge in [-0.1, -0.05) is 56.7 Å². The zero-order valence-corrected chi connectivity index (χ0v) is 15.5. The van der Waals surface area contributed by atoms with Crippen molar-refractivity contribution in [1.82, 2.24) is 0 Å². The van der Waals surface area contributed by atoms with Gasteiger partial charge in [0.2, 0.25) is 5.91 Å². The number of aliphatic imine (C=N–C) groups is 1. The van der Waals surface area contributed by atoms with Crippen molar-refractivity contribution >= 4 is 17.8 Å². The Balaban J connectivity index is 1.83. The summed E-state index contributed by atoms with van der Waals surface area (Å²) < 4.78 is 0. The highest BCUT2D eigenvalue weighted by Gasteiger charge is 2.26. The van der Waals surface area contributed by atoms with Crippen LogP contribution in [-0.2, 0) is 11.3 Å². The number of carbonyl (C=O) groups excluding carboxylic acids is 1. The highest BCUT2D eigenvalue weighted by Crippen LogP contribution is 2.32. The van der Waals surface area contributed by atoms with Gasteiger partial charge in [0, 0.05) is 11.9 Å². The molecular formula is C22H26N2O. The Morgan fingerprint density at radius 2 is 1.88 bits per heavy atom. The van der Waals surface area contributed by atoms with Gasteiger partial charge in [0.1, 0.15) is 0 Å². The Labute approximate surface area is 150 Å². The summed E-state index contributed by atoms with van der Waals surface area (Å²) in [6.45, 7) is 9.32. The number of nitrogens with one attached hydrogen (secondary N) is 1. The molecule has 1 aliphatic heterocycles. The smallest absolute Gasteiger partial charge is 0.231 e. The fraction of sp³-hybridized carbons (Fsp3) is 0.364. The molecule has 0 aliphatic carbocycles. The van der Waals surface area contributed by atoms with Gasteiger partial charge < -0.3 is 5.32 Å². The molecular weight excluding hydrogens is 308 g/mol. The fourth-order valence-corrected chi connectivity index (χ4v) is 3.18. The number of anilines is 1. The molecule has 1 heterocycles. The predicted molar refractivity (Wildman–Crippen MR) is 104 cm³/mol. The molecule has 0 saturated heterocycles. The lowest BCUT2D eigenvalue weighted by molar-refractivity contribution is -0.118. The molecule has 3 rings (SSSR count). The van der Waals surface area contributed by atoms with E-state index < -0.39 is 0 Å². The first kappa shape index (κ1) is 17.4. The Bertz CT molecular complexity index is 798. The molecule has 1 amide bonds. The van der Waals surface area contributed by atoms with Crippen molar-refractivity contribution in [2.24, 2.45) is 10.4 Å². The Morgan fingerprint density at radius 3 is 2.56 bits per heavy atom. The van der Waals surface area contributed by atoms with Crippen molar-refractivity contribution in [3.05, 3.63) is 64.7 Å². The van der Waals surface area contributed by atoms with E-state index in [1.807, 2.05) is 24.4 Å². The molecule has 0 fully saturated rings. The van der Waals surface area contributed by atoms with Gasteiger partial charge in [-0.3, -0.25) is 9.79 Å². The number of aryl methyl sites for hydroxylation is 1. The maximum Gasteiger partial charge on any atom is 0.231 e. The maximum absolute atomic E-state index is 13.0. The molecule has 25 heavy (non-hydrogen) atoms. The minimum atomic E-state index is -0.164. The maximum atomic E-state index is 13.0. The number of fused-ring (bicyclic) bond motifs is 1. The van der Waals surface area contributed by atoms with Gasteiger partial charge in [0.25, 0.3) is 0 Å². The summed E-state index contributed by atoms with van der Waals surface area (Å²) in [7, 11) is 0. The first-order valence-corrected chi connectivity index (χ1v) is 8.82. The lowest BCUT2D eigenvalue weighted by Crippen LogP contribution is -2.25. The number of benzene rings is 2. The predicted octanol–water partition coefficient (Wildman–Crippen LogP) is 5.09. The second-order valence-corrected chi connectivity index (χ2v) is 8.10. The molecule has 0 radical (unpaired) electrons. The van der Waals surface area contributed by atoms with E-state index in [0.717, 1.165) is 29.8 Å². The van der Waals surface area contributed by atoms with E-state index in [-0.39, 0.29) is 17.2 Å². The first-order valence-electron chi connectivity index (χ1n) is 8.82. The monoisotopic (exact) mass is 334 g/mol. The summed E-state index contributed by atoms with van der Waals surface area (Å²) in [6.07, 6.45) is 2.67. The highest BCUT2D eigenvalue weighted by molar-refractivity contribution is 5.97. The molecule has 1 unspecified atom stereocenters. The molecule has 0 saturated carbocycles. The molecule has 3 heteroatoms. The van der Waals surface area contributed by atoms with Gasteiger partial charge >= 0.3 is 0 Å². The molecule has 1 N–H and O–H groups in total. The SMILES string of the molecule is Cc1ccc(C(CC(C)(C)C)C(=O)Nc2ccc3c(c2)C=NC3)cc1. The van der Waals surface area contributed by atoms with Crippen LogP contribution in [0.4, 0.5) is 5.69 Å². The van der Waals surface area contributed by atoms with Crippen LogP contribution in [0.2, 0.25) is 0 Å². The largest absolute Gasteiger partial charge is 0.326 e. The summed E-state index contributed by atoms with van der Waals surface area (Å²) in [5, 5.41) is 3.11. The van der Waals surface area contributed by atoms with Crippen molar-refractivity contribution < 1.29 is 4.79 Å². The van der Waals surface area contributed by atoms with Gasteiger partial charge in [0.05, 0.1) is 12.5 Å². The molecule has 0 aromatic heterocycles. The average Bonchev–Trinajstić information content (AvgIpc) is 3.00. The normalized spacial score (nSPS) is 14.2. The van der Waals surface area contributed by atoms with E-state index in [1.54, 1.807) is 0 Å². The molecule has 2 aromatic rings. The van der Waals surface area contributed by atoms with Crippen molar-refractivity contribution in [3.8, 4) is 0 Å². The number of nitrogens with zero attached hydrogens (tertiary/aromatic N) is 1. The summed E-state index contributed by atoms with van der Waals surface area (Å²) >= 11 is 0. The van der Waals surface area contributed by atoms with Crippen LogP contribution in [0.15, 0.2) is 47.5 Å². The second kappa shape index (κ2) is 6.83. The molecule has 130 valence electrons. The Morgan fingerprint density at radius 1 is 1.16 bits per heavy atom. The van der Waals surface area contributed by atoms with Crippen LogP contribution >= 0.6 is 0 Å². The number of carbonyl (C=O) groups is 1. The lowest BCUT2D eigenvalue weighted by Gasteiger charge is -2.26. The summed E-state index contributed by atoms with van der Waals surface area (Å²) in [4.78, 5) is 17.3. The zero-order chi connectivity index (χ0) is 18.0. The number of hydrogen-bond acceptors (Lipinski definition) is 2. The van der Waals surface area contributed by atoms with Crippen LogP contribution < -0.4 is 5.32 Å². The fourth-order valence-electron chi connectivity index (χ4n) is 3.18. The van der Waals surface area contributed by atoms with Crippen LogP contribution in [0.1, 0.15) is 55.4 Å². The van der Waals surface area contributed by atoms with Crippen LogP contribution in [0.5, 0.6) is 0 Å². The van der Waals surface area contributed by atoms with Gasteiger partial charge in [-0.25, -0.2) is 0 Å². The molecule has 2 aromatic carbocycles. The standard InChI is InChI=1S/C22H26N2O/c1-15-5-7-16(8-6-15)20(12-22(2,3)4)21(25)24-19-10-9-17-13-23-14-18(17)11-19/h5-11,14,20H,12-13H2,1-4H3,(H,24,25). The lowest BCUT2D eigenvalue weighted by atomic mass is 9.80. The van der Waals surface area contributed by atoms with Crippen molar-refractivity contribution in [3.63, 3.8) is 0 Å². The van der Waals surface area contributed by atoms with Gasteiger partial charge in [-0.15, -0.1) is 0 Å². The summed E-state index contributed by atoms with van der Waals surface area (Å²) in [5.74, 6) is -0.115. The van der Waals surface area contributed by atoms with E-state index in [2.05, 4.69) is 62.3 Å². The quantitative estimate of drug-likeness (QED) is 0.831. The molecule has 1 atom stereocenters. The Kier molecular flexibility index (Phi) is 4.76. The van der Waals surface area contributed by atoms with Crippen LogP contribution in [0.3, 0.4) is 0 Å². The van der Waals surface area contributed by atoms with E-state index in [0.29, 0.717) is 0 Å². The molecule has 3 nitrogen and oxygen atoms in total. The van der Waals surface area contributed by atoms with Crippen molar-refractivity contribution in [1.29, 1.82) is 0 Å².